The zero-order chi connectivity index (χ0) is 16.8. The molecule has 2 N–H and O–H groups in total. The fourth-order valence-corrected chi connectivity index (χ4v) is 0.654. The maximum atomic E-state index is 12.8. The Bertz CT molecular complexity index is 385. The van der Waals surface area contributed by atoms with E-state index in [-0.39, 0.29) is 0 Å². The Morgan fingerprint density at radius 3 is 1.30 bits per heavy atom. The van der Waals surface area contributed by atoms with E-state index in [4.69, 9.17) is 0 Å². The van der Waals surface area contributed by atoms with Crippen molar-refractivity contribution < 1.29 is 57.8 Å². The van der Waals surface area contributed by atoms with Crippen molar-refractivity contribution in [3.8, 4) is 0 Å². The first-order valence-electron chi connectivity index (χ1n) is 3.98. The van der Waals surface area contributed by atoms with Gasteiger partial charge in [0.05, 0.1) is 0 Å². The predicted molar refractivity (Wildman–Crippen MR) is 36.1 cm³/mol. The first-order valence-corrected chi connectivity index (χ1v) is 3.98. The fraction of sp³-hybridized carbons (Fsp3) is 0.833. The third-order valence-electron chi connectivity index (χ3n) is 1.67. The molecule has 14 heteroatoms. The Morgan fingerprint density at radius 2 is 1.10 bits per heavy atom. The molecule has 0 bridgehead atoms. The topological polar surface area (TPSA) is 52.3 Å². The summed E-state index contributed by atoms with van der Waals surface area (Å²) in [6, 6.07) is 0. The highest BCUT2D eigenvalue weighted by atomic mass is 19.4. The average Bonchev–Trinajstić information content (AvgIpc) is 2.12. The lowest BCUT2D eigenvalue weighted by Gasteiger charge is -2.33. The van der Waals surface area contributed by atoms with E-state index in [2.05, 4.69) is 5.73 Å². The molecule has 0 aromatic rings. The number of alkyl halides is 11. The molecule has 1 amide bonds. The maximum absolute atomic E-state index is 12.8. The van der Waals surface area contributed by atoms with Crippen LogP contribution in [0.5, 0.6) is 0 Å². The molecule has 0 radical (unpaired) electrons. The van der Waals surface area contributed by atoms with Gasteiger partial charge in [0.1, 0.15) is 0 Å². The monoisotopic (exact) mass is 329 g/mol. The normalized spacial score (nSPS) is 17.8. The Morgan fingerprint density at radius 1 is 0.750 bits per heavy atom. The average molecular weight is 329 g/mol. The van der Waals surface area contributed by atoms with E-state index in [1.54, 1.807) is 4.74 Å². The number of hydrogen-bond donors (Lipinski definition) is 1. The summed E-state index contributed by atoms with van der Waals surface area (Å²) >= 11 is 0. The second kappa shape index (κ2) is 4.60. The standard InChI is InChI=1S/C6H2F11NO2/c7-2(1(18)19,4(10,11)12)20-6(16,17)3(8,9)5(13,14)15/h(H2,18,19)/t2-/m1/s1. The maximum Gasteiger partial charge on any atom is 0.462 e. The number of hydrogen-bond acceptors (Lipinski definition) is 2. The Labute approximate surface area is 101 Å². The van der Waals surface area contributed by atoms with E-state index in [1.165, 1.54) is 0 Å². The largest absolute Gasteiger partial charge is 0.462 e. The summed E-state index contributed by atoms with van der Waals surface area (Å²) in [5, 5.41) is 0. The van der Waals surface area contributed by atoms with Gasteiger partial charge in [-0.15, -0.1) is 0 Å². The van der Waals surface area contributed by atoms with Crippen molar-refractivity contribution in [2.45, 2.75) is 30.2 Å². The molecule has 0 saturated heterocycles. The number of ether oxygens (including phenoxy) is 1. The van der Waals surface area contributed by atoms with Crippen molar-refractivity contribution >= 4 is 5.91 Å². The van der Waals surface area contributed by atoms with Gasteiger partial charge in [0.2, 0.25) is 0 Å². The molecule has 1 atom stereocenters. The quantitative estimate of drug-likeness (QED) is 0.806. The van der Waals surface area contributed by atoms with Crippen molar-refractivity contribution in [1.82, 2.24) is 0 Å². The summed E-state index contributed by atoms with van der Waals surface area (Å²) in [6.45, 7) is 0. The van der Waals surface area contributed by atoms with E-state index in [9.17, 15) is 53.1 Å². The number of carbonyl (C=O) groups is 1. The SMILES string of the molecule is NC(=O)[C@@](F)(OC(F)(F)C(F)(F)C(F)(F)F)C(F)(F)F. The van der Waals surface area contributed by atoms with E-state index >= 15 is 0 Å². The first-order chi connectivity index (χ1) is 8.40. The third kappa shape index (κ3) is 2.88. The number of halogens is 11. The zero-order valence-electron chi connectivity index (χ0n) is 8.55. The highest BCUT2D eigenvalue weighted by Gasteiger charge is 2.79. The van der Waals surface area contributed by atoms with E-state index < -0.39 is 36.1 Å². The van der Waals surface area contributed by atoms with Gasteiger partial charge in [-0.1, -0.05) is 0 Å². The molecule has 0 aliphatic carbocycles. The van der Waals surface area contributed by atoms with Gasteiger partial charge in [0.15, 0.2) is 0 Å². The van der Waals surface area contributed by atoms with Gasteiger partial charge in [-0.2, -0.15) is 48.3 Å². The second-order valence-electron chi connectivity index (χ2n) is 3.15. The van der Waals surface area contributed by atoms with E-state index in [0.29, 0.717) is 0 Å². The van der Waals surface area contributed by atoms with Crippen LogP contribution >= 0.6 is 0 Å². The van der Waals surface area contributed by atoms with Crippen molar-refractivity contribution in [3.63, 3.8) is 0 Å². The van der Waals surface area contributed by atoms with E-state index in [1.807, 2.05) is 0 Å². The molecule has 0 aliphatic rings. The smallest absolute Gasteiger partial charge is 0.364 e. The minimum Gasteiger partial charge on any atom is -0.364 e. The van der Waals surface area contributed by atoms with Gasteiger partial charge in [-0.05, 0) is 0 Å². The first kappa shape index (κ1) is 18.7. The zero-order valence-corrected chi connectivity index (χ0v) is 8.55. The van der Waals surface area contributed by atoms with Gasteiger partial charge in [-0.25, -0.2) is 0 Å². The summed E-state index contributed by atoms with van der Waals surface area (Å²) < 4.78 is 134. The molecule has 0 saturated carbocycles. The molecule has 0 aromatic heterocycles. The predicted octanol–water partition coefficient (Wildman–Crippen LogP) is 2.51. The molecular weight excluding hydrogens is 327 g/mol. The molecule has 3 nitrogen and oxygen atoms in total. The lowest BCUT2D eigenvalue weighted by Crippen LogP contribution is -2.62. The number of nitrogens with two attached hydrogens (primary N) is 1. The lowest BCUT2D eigenvalue weighted by molar-refractivity contribution is -0.472. The molecule has 0 aromatic carbocycles. The van der Waals surface area contributed by atoms with Crippen LogP contribution in [0.3, 0.4) is 0 Å². The highest BCUT2D eigenvalue weighted by molar-refractivity contribution is 5.82. The summed E-state index contributed by atoms with van der Waals surface area (Å²) in [5.74, 6) is -16.8. The fourth-order valence-electron chi connectivity index (χ4n) is 0.654. The van der Waals surface area contributed by atoms with Crippen LogP contribution in [-0.2, 0) is 9.53 Å². The molecular formula is C6H2F11NO2. The Balaban J connectivity index is 5.73. The van der Waals surface area contributed by atoms with Crippen molar-refractivity contribution in [2.75, 3.05) is 0 Å². The minimum absolute atomic E-state index is 1.77. The van der Waals surface area contributed by atoms with Crippen LogP contribution in [0, 0.1) is 0 Å². The second-order valence-corrected chi connectivity index (χ2v) is 3.15. The molecule has 0 fully saturated rings. The van der Waals surface area contributed by atoms with Crippen LogP contribution in [0.2, 0.25) is 0 Å². The van der Waals surface area contributed by atoms with Gasteiger partial charge in [-0.3, -0.25) is 9.53 Å². The lowest BCUT2D eigenvalue weighted by atomic mass is 10.2. The third-order valence-corrected chi connectivity index (χ3v) is 1.67. The summed E-state index contributed by atoms with van der Waals surface area (Å²) in [6.07, 6.45) is -20.9. The number of rotatable bonds is 4. The van der Waals surface area contributed by atoms with Crippen molar-refractivity contribution in [1.29, 1.82) is 0 Å². The molecule has 0 aliphatic heterocycles. The van der Waals surface area contributed by atoms with Crippen LogP contribution in [-0.4, -0.2) is 36.1 Å². The van der Waals surface area contributed by atoms with Gasteiger partial charge in [0.25, 0.3) is 5.91 Å². The van der Waals surface area contributed by atoms with Crippen LogP contribution in [0.25, 0.3) is 0 Å². The Hall–Kier alpha value is -1.34. The van der Waals surface area contributed by atoms with Crippen molar-refractivity contribution in [3.05, 3.63) is 0 Å². The number of amides is 1. The molecule has 0 spiro atoms. The molecule has 0 unspecified atom stereocenters. The molecule has 20 heavy (non-hydrogen) atoms. The molecule has 0 rings (SSSR count). The van der Waals surface area contributed by atoms with Crippen LogP contribution < -0.4 is 5.73 Å². The summed E-state index contributed by atoms with van der Waals surface area (Å²) in [5.41, 5.74) is 3.70. The molecule has 120 valence electrons. The van der Waals surface area contributed by atoms with Crippen molar-refractivity contribution in [2.24, 2.45) is 5.73 Å². The van der Waals surface area contributed by atoms with Crippen LogP contribution in [0.1, 0.15) is 0 Å². The Kier molecular flexibility index (Phi) is 4.29. The number of carbonyl (C=O) groups excluding carboxylic acids is 1. The van der Waals surface area contributed by atoms with Crippen LogP contribution in [0.4, 0.5) is 48.3 Å². The van der Waals surface area contributed by atoms with Gasteiger partial charge < -0.3 is 5.73 Å². The molecule has 0 heterocycles. The van der Waals surface area contributed by atoms with Crippen LogP contribution in [0.15, 0.2) is 0 Å². The minimum atomic E-state index is -7.21. The van der Waals surface area contributed by atoms with E-state index in [0.717, 1.165) is 0 Å². The van der Waals surface area contributed by atoms with Gasteiger partial charge >= 0.3 is 30.2 Å². The number of primary amides is 1. The van der Waals surface area contributed by atoms with Gasteiger partial charge in [0, 0.05) is 0 Å². The highest BCUT2D eigenvalue weighted by Crippen LogP contribution is 2.50. The summed E-state index contributed by atoms with van der Waals surface area (Å²) in [4.78, 5) is 10.1. The summed E-state index contributed by atoms with van der Waals surface area (Å²) in [7, 11) is 0.